The minimum Gasteiger partial charge on any atom is -0.505 e. The molecule has 4 aromatic carbocycles. The third-order valence-electron chi connectivity index (χ3n) is 5.81. The fourth-order valence-electron chi connectivity index (χ4n) is 3.98. The molecule has 0 bridgehead atoms. The SMILES string of the molecule is CCOc1ccc(Cl)c(NC(=O)c2cc3ccccc3c(N=Nc3ccc(S(=O)(=O)O)c(CC)c3Cl)c2O)c1. The maximum atomic E-state index is 13.3. The van der Waals surface area contributed by atoms with E-state index in [1.807, 2.05) is 6.92 Å². The summed E-state index contributed by atoms with van der Waals surface area (Å²) in [6, 6.07) is 15.8. The molecule has 0 aliphatic carbocycles. The molecule has 1 amide bonds. The standard InChI is InChI=1S/C27H23Cl2N3O6S/c1-3-17-23(39(35,36)37)12-11-21(24(17)29)31-32-25-18-8-6-5-7-15(18)13-19(26(25)33)27(34)30-22-14-16(38-4-2)9-10-20(22)28/h5-14,33H,3-4H2,1-2H3,(H,30,34)(H,35,36,37). The number of halogens is 2. The van der Waals surface area contributed by atoms with Crippen LogP contribution in [0.15, 0.2) is 75.8 Å². The van der Waals surface area contributed by atoms with Gasteiger partial charge in [-0.3, -0.25) is 9.35 Å². The highest BCUT2D eigenvalue weighted by atomic mass is 35.5. The molecule has 0 saturated carbocycles. The number of hydrogen-bond acceptors (Lipinski definition) is 7. The van der Waals surface area contributed by atoms with E-state index < -0.39 is 21.8 Å². The van der Waals surface area contributed by atoms with Crippen LogP contribution in [-0.4, -0.2) is 30.6 Å². The second kappa shape index (κ2) is 11.6. The zero-order chi connectivity index (χ0) is 28.3. The van der Waals surface area contributed by atoms with E-state index in [4.69, 9.17) is 27.9 Å². The first-order valence-corrected chi connectivity index (χ1v) is 13.9. The highest BCUT2D eigenvalue weighted by molar-refractivity contribution is 7.85. The third kappa shape index (κ3) is 5.99. The zero-order valence-corrected chi connectivity index (χ0v) is 23.1. The number of amides is 1. The molecule has 3 N–H and O–H groups in total. The van der Waals surface area contributed by atoms with Crippen LogP contribution in [0.25, 0.3) is 10.8 Å². The Labute approximate surface area is 234 Å². The number of carbonyl (C=O) groups excluding carboxylic acids is 1. The van der Waals surface area contributed by atoms with E-state index in [9.17, 15) is 22.9 Å². The van der Waals surface area contributed by atoms with Crippen molar-refractivity contribution in [3.05, 3.63) is 81.8 Å². The highest BCUT2D eigenvalue weighted by Gasteiger charge is 2.21. The lowest BCUT2D eigenvalue weighted by atomic mass is 10.0. The van der Waals surface area contributed by atoms with Crippen molar-refractivity contribution in [3.8, 4) is 11.5 Å². The largest absolute Gasteiger partial charge is 0.505 e. The first-order valence-electron chi connectivity index (χ1n) is 11.7. The predicted octanol–water partition coefficient (Wildman–Crippen LogP) is 7.73. The van der Waals surface area contributed by atoms with Crippen molar-refractivity contribution in [2.45, 2.75) is 25.2 Å². The van der Waals surface area contributed by atoms with Crippen molar-refractivity contribution < 1.29 is 27.6 Å². The maximum Gasteiger partial charge on any atom is 0.294 e. The van der Waals surface area contributed by atoms with Gasteiger partial charge in [-0.25, -0.2) is 0 Å². The van der Waals surface area contributed by atoms with Gasteiger partial charge in [0.25, 0.3) is 16.0 Å². The Morgan fingerprint density at radius 1 is 1.03 bits per heavy atom. The van der Waals surface area contributed by atoms with Crippen LogP contribution < -0.4 is 10.1 Å². The molecule has 0 atom stereocenters. The van der Waals surface area contributed by atoms with Gasteiger partial charge in [0.05, 0.1) is 32.8 Å². The van der Waals surface area contributed by atoms with Crippen molar-refractivity contribution in [2.24, 2.45) is 10.2 Å². The molecule has 0 saturated heterocycles. The van der Waals surface area contributed by atoms with Gasteiger partial charge in [0, 0.05) is 11.5 Å². The van der Waals surface area contributed by atoms with Gasteiger partial charge >= 0.3 is 0 Å². The molecule has 0 aliphatic rings. The molecule has 4 aromatic rings. The zero-order valence-electron chi connectivity index (χ0n) is 20.8. The van der Waals surface area contributed by atoms with E-state index >= 15 is 0 Å². The Morgan fingerprint density at radius 2 is 1.77 bits per heavy atom. The Hall–Kier alpha value is -3.70. The van der Waals surface area contributed by atoms with Crippen molar-refractivity contribution in [2.75, 3.05) is 11.9 Å². The molecule has 9 nitrogen and oxygen atoms in total. The summed E-state index contributed by atoms with van der Waals surface area (Å²) >= 11 is 12.6. The second-order valence-electron chi connectivity index (χ2n) is 8.28. The summed E-state index contributed by atoms with van der Waals surface area (Å²) in [6.45, 7) is 3.93. The van der Waals surface area contributed by atoms with Gasteiger partial charge in [-0.15, -0.1) is 10.2 Å². The molecule has 39 heavy (non-hydrogen) atoms. The summed E-state index contributed by atoms with van der Waals surface area (Å²) in [5, 5.41) is 23.5. The number of rotatable bonds is 8. The van der Waals surface area contributed by atoms with E-state index in [0.717, 1.165) is 0 Å². The van der Waals surface area contributed by atoms with Crippen LogP contribution in [0, 0.1) is 0 Å². The van der Waals surface area contributed by atoms with Crippen molar-refractivity contribution in [3.63, 3.8) is 0 Å². The fourth-order valence-corrected chi connectivity index (χ4v) is 5.34. The van der Waals surface area contributed by atoms with E-state index in [1.54, 1.807) is 49.4 Å². The Morgan fingerprint density at radius 3 is 2.46 bits per heavy atom. The average Bonchev–Trinajstić information content (AvgIpc) is 2.89. The molecule has 12 heteroatoms. The highest BCUT2D eigenvalue weighted by Crippen LogP contribution is 2.41. The Kier molecular flexibility index (Phi) is 8.41. The molecule has 4 rings (SSSR count). The summed E-state index contributed by atoms with van der Waals surface area (Å²) in [5.74, 6) is -0.569. The number of azo groups is 1. The van der Waals surface area contributed by atoms with Crippen LogP contribution >= 0.6 is 23.2 Å². The quantitative estimate of drug-likeness (QED) is 0.142. The average molecular weight is 588 g/mol. The molecule has 0 radical (unpaired) electrons. The van der Waals surface area contributed by atoms with Crippen LogP contribution in [0.3, 0.4) is 0 Å². The van der Waals surface area contributed by atoms with Crippen LogP contribution in [0.4, 0.5) is 17.1 Å². The van der Waals surface area contributed by atoms with E-state index in [0.29, 0.717) is 28.8 Å². The van der Waals surface area contributed by atoms with Crippen molar-refractivity contribution in [1.82, 2.24) is 0 Å². The second-order valence-corrected chi connectivity index (χ2v) is 10.5. The molecule has 0 aliphatic heterocycles. The molecule has 0 aromatic heterocycles. The smallest absolute Gasteiger partial charge is 0.294 e. The number of anilines is 1. The number of nitrogens with one attached hydrogen (secondary N) is 1. The van der Waals surface area contributed by atoms with Gasteiger partial charge in [0.2, 0.25) is 0 Å². The molecule has 0 unspecified atom stereocenters. The normalized spacial score (nSPS) is 11.7. The number of phenols is 1. The monoisotopic (exact) mass is 587 g/mol. The number of hydrogen-bond donors (Lipinski definition) is 3. The molecule has 202 valence electrons. The maximum absolute atomic E-state index is 13.3. The van der Waals surface area contributed by atoms with Crippen molar-refractivity contribution >= 4 is 67.1 Å². The van der Waals surface area contributed by atoms with Gasteiger partial charge in [0.1, 0.15) is 17.1 Å². The number of phenolic OH excluding ortho intramolecular Hbond substituents is 1. The Bertz CT molecular complexity index is 1720. The summed E-state index contributed by atoms with van der Waals surface area (Å²) in [4.78, 5) is 12.9. The van der Waals surface area contributed by atoms with E-state index in [1.165, 1.54) is 18.2 Å². The van der Waals surface area contributed by atoms with Crippen LogP contribution in [0.5, 0.6) is 11.5 Å². The van der Waals surface area contributed by atoms with Crippen LogP contribution in [-0.2, 0) is 16.5 Å². The summed E-state index contributed by atoms with van der Waals surface area (Å²) in [6.07, 6.45) is 0.203. The van der Waals surface area contributed by atoms with E-state index in [2.05, 4.69) is 15.5 Å². The number of benzene rings is 4. The number of nitrogens with zero attached hydrogens (tertiary/aromatic N) is 2. The molecular weight excluding hydrogens is 565 g/mol. The first-order chi connectivity index (χ1) is 18.5. The molecule has 0 heterocycles. The number of ether oxygens (including phenoxy) is 1. The van der Waals surface area contributed by atoms with Gasteiger partial charge in [0.15, 0.2) is 5.75 Å². The molecular formula is C27H23Cl2N3O6S. The minimum atomic E-state index is -4.50. The molecule has 0 spiro atoms. The topological polar surface area (TPSA) is 138 Å². The third-order valence-corrected chi connectivity index (χ3v) is 7.50. The van der Waals surface area contributed by atoms with Crippen LogP contribution in [0.2, 0.25) is 10.0 Å². The predicted molar refractivity (Wildman–Crippen MR) is 151 cm³/mol. The summed E-state index contributed by atoms with van der Waals surface area (Å²) in [5.41, 5.74) is 0.492. The van der Waals surface area contributed by atoms with Gasteiger partial charge in [-0.2, -0.15) is 8.42 Å². The minimum absolute atomic E-state index is 0.000357. The molecule has 0 fully saturated rings. The summed E-state index contributed by atoms with van der Waals surface area (Å²) in [7, 11) is -4.50. The number of aromatic hydroxyl groups is 1. The lowest BCUT2D eigenvalue weighted by Crippen LogP contribution is -2.12. The van der Waals surface area contributed by atoms with Gasteiger partial charge < -0.3 is 15.2 Å². The first kappa shape index (κ1) is 28.3. The lowest BCUT2D eigenvalue weighted by Gasteiger charge is -2.13. The van der Waals surface area contributed by atoms with Crippen molar-refractivity contribution in [1.29, 1.82) is 0 Å². The van der Waals surface area contributed by atoms with Gasteiger partial charge in [-0.05, 0) is 54.6 Å². The Balaban J connectivity index is 1.79. The fraction of sp³-hybridized carbons (Fsp3) is 0.148. The van der Waals surface area contributed by atoms with Gasteiger partial charge in [-0.1, -0.05) is 54.4 Å². The number of fused-ring (bicyclic) bond motifs is 1. The van der Waals surface area contributed by atoms with E-state index in [-0.39, 0.29) is 43.9 Å². The lowest BCUT2D eigenvalue weighted by molar-refractivity contribution is 0.102. The number of carbonyl (C=O) groups is 1. The summed E-state index contributed by atoms with van der Waals surface area (Å²) < 4.78 is 38.4. The van der Waals surface area contributed by atoms with Crippen LogP contribution in [0.1, 0.15) is 29.8 Å².